The van der Waals surface area contributed by atoms with Crippen LogP contribution in [0.25, 0.3) is 0 Å². The van der Waals surface area contributed by atoms with E-state index < -0.39 is 0 Å². The fourth-order valence-electron chi connectivity index (χ4n) is 3.30. The molecule has 2 saturated heterocycles. The van der Waals surface area contributed by atoms with Crippen LogP contribution in [0, 0.1) is 0 Å². The molecule has 4 rings (SSSR count). The van der Waals surface area contributed by atoms with Crippen LogP contribution in [0.4, 0.5) is 11.5 Å². The number of carbonyl (C=O) groups is 1. The van der Waals surface area contributed by atoms with Gasteiger partial charge in [-0.1, -0.05) is 30.3 Å². The van der Waals surface area contributed by atoms with Crippen LogP contribution < -0.4 is 21.1 Å². The lowest BCUT2D eigenvalue weighted by Gasteiger charge is -2.27. The minimum Gasteiger partial charge on any atom is -0.378 e. The number of morpholine rings is 1. The van der Waals surface area contributed by atoms with Gasteiger partial charge in [-0.2, -0.15) is 0 Å². The molecule has 1 aromatic heterocycles. The number of rotatable bonds is 4. The molecule has 0 bridgehead atoms. The molecule has 1 amide bonds. The summed E-state index contributed by atoms with van der Waals surface area (Å²) in [5, 5.41) is 2.94. The third-order valence-corrected chi connectivity index (χ3v) is 4.77. The molecule has 26 heavy (non-hydrogen) atoms. The molecular weight excluding hydrogens is 330 g/mol. The number of nitrogens with zero attached hydrogens (tertiary/aromatic N) is 2. The predicted molar refractivity (Wildman–Crippen MR) is 99.8 cm³/mol. The van der Waals surface area contributed by atoms with Crippen molar-refractivity contribution in [3.8, 4) is 0 Å². The third-order valence-electron chi connectivity index (χ3n) is 4.77. The summed E-state index contributed by atoms with van der Waals surface area (Å²) >= 11 is 0. The monoisotopic (exact) mass is 353 g/mol. The minimum atomic E-state index is -0.279. The molecule has 2 unspecified atom stereocenters. The number of pyridine rings is 1. The molecule has 0 radical (unpaired) electrons. The topological polar surface area (TPSA) is 78.5 Å². The SMILES string of the molecule is O=C(Nc1ccc(N2CCOCC2)nc1)C1CC(c2ccccc2)NN1. The standard InChI is InChI=1S/C19H23N5O2/c25-19(17-12-16(22-23-17)14-4-2-1-3-5-14)21-15-6-7-18(20-13-15)24-8-10-26-11-9-24/h1-7,13,16-17,22-23H,8-12H2,(H,21,25). The molecule has 0 saturated carbocycles. The van der Waals surface area contributed by atoms with Gasteiger partial charge in [0, 0.05) is 19.1 Å². The molecule has 136 valence electrons. The molecule has 2 aromatic rings. The zero-order valence-corrected chi connectivity index (χ0v) is 14.5. The third kappa shape index (κ3) is 3.85. The van der Waals surface area contributed by atoms with Gasteiger partial charge in [0.25, 0.3) is 0 Å². The highest BCUT2D eigenvalue weighted by Crippen LogP contribution is 2.23. The molecule has 7 heteroatoms. The Kier molecular flexibility index (Phi) is 5.10. The summed E-state index contributed by atoms with van der Waals surface area (Å²) < 4.78 is 5.36. The van der Waals surface area contributed by atoms with E-state index in [4.69, 9.17) is 4.74 Å². The Balaban J connectivity index is 1.33. The molecular formula is C19H23N5O2. The summed E-state index contributed by atoms with van der Waals surface area (Å²) in [5.74, 6) is 0.855. The van der Waals surface area contributed by atoms with Crippen LogP contribution in [0.5, 0.6) is 0 Å². The van der Waals surface area contributed by atoms with Gasteiger partial charge in [0.2, 0.25) is 5.91 Å². The van der Waals surface area contributed by atoms with Crippen molar-refractivity contribution in [2.45, 2.75) is 18.5 Å². The van der Waals surface area contributed by atoms with Crippen molar-refractivity contribution < 1.29 is 9.53 Å². The number of amides is 1. The number of hydrazine groups is 1. The maximum Gasteiger partial charge on any atom is 0.242 e. The van der Waals surface area contributed by atoms with E-state index in [2.05, 4.69) is 38.2 Å². The lowest BCUT2D eigenvalue weighted by molar-refractivity contribution is -0.117. The van der Waals surface area contributed by atoms with Crippen LogP contribution in [0.2, 0.25) is 0 Å². The smallest absolute Gasteiger partial charge is 0.242 e. The van der Waals surface area contributed by atoms with Crippen LogP contribution in [-0.2, 0) is 9.53 Å². The molecule has 2 aliphatic rings. The van der Waals surface area contributed by atoms with Crippen LogP contribution in [0.3, 0.4) is 0 Å². The van der Waals surface area contributed by atoms with Gasteiger partial charge < -0.3 is 15.0 Å². The average Bonchev–Trinajstić information content (AvgIpc) is 3.20. The molecule has 2 atom stereocenters. The normalized spacial score (nSPS) is 23.0. The first-order chi connectivity index (χ1) is 12.8. The van der Waals surface area contributed by atoms with Gasteiger partial charge in [0.05, 0.1) is 25.1 Å². The zero-order valence-electron chi connectivity index (χ0n) is 14.5. The van der Waals surface area contributed by atoms with Gasteiger partial charge in [-0.05, 0) is 24.1 Å². The van der Waals surface area contributed by atoms with Crippen molar-refractivity contribution >= 4 is 17.4 Å². The van der Waals surface area contributed by atoms with E-state index in [1.165, 1.54) is 5.56 Å². The quantitative estimate of drug-likeness (QED) is 0.773. The van der Waals surface area contributed by atoms with Crippen molar-refractivity contribution in [3.05, 3.63) is 54.2 Å². The number of anilines is 2. The number of hydrogen-bond donors (Lipinski definition) is 3. The van der Waals surface area contributed by atoms with E-state index in [0.29, 0.717) is 12.1 Å². The number of ether oxygens (including phenoxy) is 1. The van der Waals surface area contributed by atoms with Gasteiger partial charge in [0.15, 0.2) is 0 Å². The van der Waals surface area contributed by atoms with Crippen LogP contribution in [-0.4, -0.2) is 43.2 Å². The number of nitrogens with one attached hydrogen (secondary N) is 3. The van der Waals surface area contributed by atoms with E-state index in [1.807, 2.05) is 30.3 Å². The number of hydrogen-bond acceptors (Lipinski definition) is 6. The van der Waals surface area contributed by atoms with E-state index in [0.717, 1.165) is 32.1 Å². The first-order valence-corrected chi connectivity index (χ1v) is 8.95. The van der Waals surface area contributed by atoms with Crippen LogP contribution >= 0.6 is 0 Å². The minimum absolute atomic E-state index is 0.0585. The maximum absolute atomic E-state index is 12.5. The van der Waals surface area contributed by atoms with Crippen molar-refractivity contribution in [2.24, 2.45) is 0 Å². The van der Waals surface area contributed by atoms with E-state index in [-0.39, 0.29) is 18.0 Å². The Bertz CT molecular complexity index is 731. The van der Waals surface area contributed by atoms with Gasteiger partial charge in [-0.3, -0.25) is 4.79 Å². The Labute approximate surface area is 152 Å². The average molecular weight is 353 g/mol. The predicted octanol–water partition coefficient (Wildman–Crippen LogP) is 1.46. The number of benzene rings is 1. The van der Waals surface area contributed by atoms with Crippen molar-refractivity contribution in [3.63, 3.8) is 0 Å². The molecule has 3 heterocycles. The second-order valence-electron chi connectivity index (χ2n) is 6.53. The summed E-state index contributed by atoms with van der Waals surface area (Å²) in [7, 11) is 0. The summed E-state index contributed by atoms with van der Waals surface area (Å²) in [6.45, 7) is 3.14. The van der Waals surface area contributed by atoms with E-state index in [9.17, 15) is 4.79 Å². The van der Waals surface area contributed by atoms with Gasteiger partial charge in [-0.15, -0.1) is 0 Å². The Morgan fingerprint density at radius 1 is 1.12 bits per heavy atom. The highest BCUT2D eigenvalue weighted by Gasteiger charge is 2.30. The molecule has 3 N–H and O–H groups in total. The van der Waals surface area contributed by atoms with Crippen molar-refractivity contribution in [1.82, 2.24) is 15.8 Å². The zero-order chi connectivity index (χ0) is 17.8. The lowest BCUT2D eigenvalue weighted by atomic mass is 10.0. The molecule has 0 aliphatic carbocycles. The summed E-state index contributed by atoms with van der Waals surface area (Å²) in [5.41, 5.74) is 8.16. The van der Waals surface area contributed by atoms with Crippen molar-refractivity contribution in [2.75, 3.05) is 36.5 Å². The number of carbonyl (C=O) groups excluding carboxylic acids is 1. The van der Waals surface area contributed by atoms with Gasteiger partial charge in [0.1, 0.15) is 11.9 Å². The summed E-state index contributed by atoms with van der Waals surface area (Å²) in [6, 6.07) is 13.8. The second-order valence-corrected chi connectivity index (χ2v) is 6.53. The highest BCUT2D eigenvalue weighted by molar-refractivity contribution is 5.95. The maximum atomic E-state index is 12.5. The Morgan fingerprint density at radius 2 is 1.92 bits per heavy atom. The molecule has 7 nitrogen and oxygen atoms in total. The van der Waals surface area contributed by atoms with Crippen molar-refractivity contribution in [1.29, 1.82) is 0 Å². The molecule has 0 spiro atoms. The van der Waals surface area contributed by atoms with E-state index in [1.54, 1.807) is 6.20 Å². The largest absolute Gasteiger partial charge is 0.378 e. The highest BCUT2D eigenvalue weighted by atomic mass is 16.5. The molecule has 2 aliphatic heterocycles. The van der Waals surface area contributed by atoms with Gasteiger partial charge >= 0.3 is 0 Å². The molecule has 1 aromatic carbocycles. The van der Waals surface area contributed by atoms with Gasteiger partial charge in [-0.25, -0.2) is 15.8 Å². The Hall–Kier alpha value is -2.48. The first-order valence-electron chi connectivity index (χ1n) is 8.95. The second kappa shape index (κ2) is 7.82. The fraction of sp³-hybridized carbons (Fsp3) is 0.368. The van der Waals surface area contributed by atoms with E-state index >= 15 is 0 Å². The summed E-state index contributed by atoms with van der Waals surface area (Å²) in [4.78, 5) is 19.2. The lowest BCUT2D eigenvalue weighted by Crippen LogP contribution is -2.39. The van der Waals surface area contributed by atoms with Crippen LogP contribution in [0.15, 0.2) is 48.7 Å². The first kappa shape index (κ1) is 17.0. The Morgan fingerprint density at radius 3 is 2.65 bits per heavy atom. The fourth-order valence-corrected chi connectivity index (χ4v) is 3.30. The number of aromatic nitrogens is 1. The molecule has 2 fully saturated rings. The van der Waals surface area contributed by atoms with Crippen LogP contribution in [0.1, 0.15) is 18.0 Å². The summed E-state index contributed by atoms with van der Waals surface area (Å²) in [6.07, 6.45) is 2.41.